The van der Waals surface area contributed by atoms with Gasteiger partial charge >= 0.3 is 0 Å². The molecule has 3 atom stereocenters. The van der Waals surface area contributed by atoms with Crippen LogP contribution in [0.15, 0.2) is 48.5 Å². The van der Waals surface area contributed by atoms with Gasteiger partial charge in [0.25, 0.3) is 11.8 Å². The summed E-state index contributed by atoms with van der Waals surface area (Å²) in [7, 11) is 3.48. The Bertz CT molecular complexity index is 966. The molecule has 3 rings (SSSR count). The zero-order valence-electron chi connectivity index (χ0n) is 20.9. The maximum Gasteiger partial charge on any atom is 0.257 e. The summed E-state index contributed by atoms with van der Waals surface area (Å²) >= 11 is 0. The van der Waals surface area contributed by atoms with Crippen molar-refractivity contribution in [1.29, 1.82) is 0 Å². The molecule has 7 heteroatoms. The lowest BCUT2D eigenvalue weighted by Gasteiger charge is -2.35. The molecule has 0 spiro atoms. The summed E-state index contributed by atoms with van der Waals surface area (Å²) in [6.45, 7) is 9.26. The van der Waals surface area contributed by atoms with E-state index in [4.69, 9.17) is 9.47 Å². The molecule has 0 unspecified atom stereocenters. The number of carbonyl (C=O) groups is 2. The average Bonchev–Trinajstić information content (AvgIpc) is 2.85. The van der Waals surface area contributed by atoms with Gasteiger partial charge in [-0.2, -0.15) is 0 Å². The van der Waals surface area contributed by atoms with Crippen LogP contribution in [-0.2, 0) is 4.74 Å². The third-order valence-electron chi connectivity index (χ3n) is 6.38. The lowest BCUT2D eigenvalue weighted by molar-refractivity contribution is 0.0108. The number of fused-ring (bicyclic) bond motifs is 1. The Labute approximate surface area is 203 Å². The van der Waals surface area contributed by atoms with Crippen molar-refractivity contribution in [2.45, 2.75) is 39.3 Å². The SMILES string of the molecule is CCCN1C[C@@H](C)[C@@H](OC)CN(C)C(=O)c2cc(NC(=O)c3ccccc3)ccc2OC[C@H]1C. The first-order valence-corrected chi connectivity index (χ1v) is 12.0. The molecule has 0 saturated heterocycles. The lowest BCUT2D eigenvalue weighted by atomic mass is 10.0. The molecule has 2 amide bonds. The molecule has 184 valence electrons. The highest BCUT2D eigenvalue weighted by molar-refractivity contribution is 6.05. The minimum atomic E-state index is -0.229. The van der Waals surface area contributed by atoms with Crippen LogP contribution in [0.25, 0.3) is 0 Å². The van der Waals surface area contributed by atoms with Crippen LogP contribution in [-0.4, -0.2) is 74.2 Å². The van der Waals surface area contributed by atoms with E-state index >= 15 is 0 Å². The number of hydrogen-bond acceptors (Lipinski definition) is 5. The number of carbonyl (C=O) groups excluding carboxylic acids is 2. The summed E-state index contributed by atoms with van der Waals surface area (Å²) < 4.78 is 12.0. The maximum absolute atomic E-state index is 13.4. The largest absolute Gasteiger partial charge is 0.491 e. The Morgan fingerprint density at radius 2 is 1.88 bits per heavy atom. The molecular weight excluding hydrogens is 430 g/mol. The number of benzene rings is 2. The van der Waals surface area contributed by atoms with E-state index in [0.29, 0.717) is 35.7 Å². The molecule has 7 nitrogen and oxygen atoms in total. The van der Waals surface area contributed by atoms with Gasteiger partial charge in [-0.05, 0) is 56.1 Å². The van der Waals surface area contributed by atoms with Crippen molar-refractivity contribution in [3.05, 3.63) is 59.7 Å². The van der Waals surface area contributed by atoms with Gasteiger partial charge in [-0.3, -0.25) is 14.5 Å². The van der Waals surface area contributed by atoms with E-state index in [1.807, 2.05) is 18.2 Å². The minimum Gasteiger partial charge on any atom is -0.491 e. The van der Waals surface area contributed by atoms with Crippen LogP contribution in [0.2, 0.25) is 0 Å². The van der Waals surface area contributed by atoms with Crippen molar-refractivity contribution >= 4 is 17.5 Å². The molecule has 1 N–H and O–H groups in total. The molecule has 0 aromatic heterocycles. The second-order valence-corrected chi connectivity index (χ2v) is 9.12. The Kier molecular flexibility index (Phi) is 9.07. The van der Waals surface area contributed by atoms with E-state index in [2.05, 4.69) is 31.0 Å². The van der Waals surface area contributed by atoms with Crippen LogP contribution in [0.1, 0.15) is 47.9 Å². The van der Waals surface area contributed by atoms with Gasteiger partial charge in [0.2, 0.25) is 0 Å². The van der Waals surface area contributed by atoms with Crippen molar-refractivity contribution in [3.63, 3.8) is 0 Å². The van der Waals surface area contributed by atoms with Gasteiger partial charge in [0.1, 0.15) is 12.4 Å². The van der Waals surface area contributed by atoms with Gasteiger partial charge in [0, 0.05) is 44.5 Å². The predicted molar refractivity (Wildman–Crippen MR) is 135 cm³/mol. The van der Waals surface area contributed by atoms with Crippen LogP contribution in [0.4, 0.5) is 5.69 Å². The quantitative estimate of drug-likeness (QED) is 0.715. The van der Waals surface area contributed by atoms with Crippen molar-refractivity contribution < 1.29 is 19.1 Å². The van der Waals surface area contributed by atoms with Crippen molar-refractivity contribution in [2.75, 3.05) is 45.7 Å². The van der Waals surface area contributed by atoms with Crippen molar-refractivity contribution in [1.82, 2.24) is 9.80 Å². The van der Waals surface area contributed by atoms with Crippen molar-refractivity contribution in [3.8, 4) is 5.75 Å². The molecule has 0 fully saturated rings. The maximum atomic E-state index is 13.4. The summed E-state index contributed by atoms with van der Waals surface area (Å²) in [6, 6.07) is 14.4. The molecule has 0 saturated carbocycles. The Morgan fingerprint density at radius 1 is 1.15 bits per heavy atom. The van der Waals surface area contributed by atoms with Crippen LogP contribution < -0.4 is 10.1 Å². The third-order valence-corrected chi connectivity index (χ3v) is 6.38. The van der Waals surface area contributed by atoms with E-state index < -0.39 is 0 Å². The van der Waals surface area contributed by atoms with Gasteiger partial charge in [0.05, 0.1) is 11.7 Å². The summed E-state index contributed by atoms with van der Waals surface area (Å²) in [5.74, 6) is 0.358. The second kappa shape index (κ2) is 12.0. The molecule has 2 aromatic carbocycles. The van der Waals surface area contributed by atoms with E-state index in [1.54, 1.807) is 49.4 Å². The zero-order chi connectivity index (χ0) is 24.7. The van der Waals surface area contributed by atoms with Gasteiger partial charge in [-0.1, -0.05) is 32.0 Å². The molecule has 1 aliphatic heterocycles. The molecule has 0 aliphatic carbocycles. The molecule has 1 aliphatic rings. The van der Waals surface area contributed by atoms with Crippen LogP contribution in [0.5, 0.6) is 5.75 Å². The summed E-state index contributed by atoms with van der Waals surface area (Å²) in [6.07, 6.45) is 0.957. The number of amides is 2. The van der Waals surface area contributed by atoms with Gasteiger partial charge in [-0.15, -0.1) is 0 Å². The molecular formula is C27H37N3O4. The van der Waals surface area contributed by atoms with E-state index in [1.165, 1.54) is 0 Å². The number of nitrogens with one attached hydrogen (secondary N) is 1. The smallest absolute Gasteiger partial charge is 0.257 e. The number of methoxy groups -OCH3 is 1. The monoisotopic (exact) mass is 467 g/mol. The number of anilines is 1. The number of hydrogen-bond donors (Lipinski definition) is 1. The number of nitrogens with zero attached hydrogens (tertiary/aromatic N) is 2. The van der Waals surface area contributed by atoms with Gasteiger partial charge < -0.3 is 19.7 Å². The van der Waals surface area contributed by atoms with Crippen LogP contribution >= 0.6 is 0 Å². The normalized spacial score (nSPS) is 22.2. The molecule has 1 heterocycles. The summed E-state index contributed by atoms with van der Waals surface area (Å²) in [5, 5.41) is 2.89. The third kappa shape index (κ3) is 6.36. The first kappa shape index (κ1) is 25.7. The molecule has 2 aromatic rings. The first-order valence-electron chi connectivity index (χ1n) is 12.0. The minimum absolute atomic E-state index is 0.0923. The Morgan fingerprint density at radius 3 is 2.56 bits per heavy atom. The average molecular weight is 468 g/mol. The highest BCUT2D eigenvalue weighted by Gasteiger charge is 2.28. The van der Waals surface area contributed by atoms with Gasteiger partial charge in [-0.25, -0.2) is 0 Å². The molecule has 0 radical (unpaired) electrons. The topological polar surface area (TPSA) is 71.1 Å². The number of likely N-dealkylation sites (N-methyl/N-ethyl adjacent to an activating group) is 1. The van der Waals surface area contributed by atoms with Gasteiger partial charge in [0.15, 0.2) is 0 Å². The second-order valence-electron chi connectivity index (χ2n) is 9.12. The summed E-state index contributed by atoms with van der Waals surface area (Å²) in [4.78, 5) is 30.2. The zero-order valence-corrected chi connectivity index (χ0v) is 20.9. The predicted octanol–water partition coefficient (Wildman–Crippen LogP) is 4.15. The van der Waals surface area contributed by atoms with Crippen LogP contribution in [0.3, 0.4) is 0 Å². The highest BCUT2D eigenvalue weighted by Crippen LogP contribution is 2.27. The highest BCUT2D eigenvalue weighted by atomic mass is 16.5. The van der Waals surface area contributed by atoms with E-state index in [0.717, 1.165) is 19.5 Å². The standard InChI is InChI=1S/C27H37N3O4/c1-6-14-30-16-19(2)25(33-5)17-29(4)27(32)23-15-22(12-13-24(23)34-18-20(30)3)28-26(31)21-10-8-7-9-11-21/h7-13,15,19-20,25H,6,14,16-18H2,1-5H3,(H,28,31)/t19-,20-,25+/m1/s1. The fraction of sp³-hybridized carbons (Fsp3) is 0.481. The molecule has 0 bridgehead atoms. The fourth-order valence-electron chi connectivity index (χ4n) is 4.32. The number of ether oxygens (including phenoxy) is 2. The van der Waals surface area contributed by atoms with E-state index in [9.17, 15) is 9.59 Å². The van der Waals surface area contributed by atoms with E-state index in [-0.39, 0.29) is 29.9 Å². The first-order chi connectivity index (χ1) is 16.3. The molecule has 34 heavy (non-hydrogen) atoms. The fourth-order valence-corrected chi connectivity index (χ4v) is 4.32. The Hall–Kier alpha value is -2.90. The summed E-state index contributed by atoms with van der Waals surface area (Å²) in [5.41, 5.74) is 1.52. The van der Waals surface area contributed by atoms with Crippen molar-refractivity contribution in [2.24, 2.45) is 5.92 Å². The number of rotatable bonds is 5. The van der Waals surface area contributed by atoms with Crippen LogP contribution in [0, 0.1) is 5.92 Å². The Balaban J connectivity index is 1.91. The lowest BCUT2D eigenvalue weighted by Crippen LogP contribution is -2.46.